The van der Waals surface area contributed by atoms with Gasteiger partial charge in [0.2, 0.25) is 4.21 Å². The van der Waals surface area contributed by atoms with Crippen LogP contribution in [0.25, 0.3) is 11.1 Å². The molecule has 1 unspecified atom stereocenters. The van der Waals surface area contributed by atoms with E-state index in [0.717, 1.165) is 15.3 Å². The van der Waals surface area contributed by atoms with Crippen molar-refractivity contribution in [1.82, 2.24) is 0 Å². The van der Waals surface area contributed by atoms with Crippen molar-refractivity contribution in [2.24, 2.45) is 5.14 Å². The van der Waals surface area contributed by atoms with E-state index in [1.165, 1.54) is 11.3 Å². The summed E-state index contributed by atoms with van der Waals surface area (Å²) < 4.78 is 11.9. The molecule has 0 aliphatic heterocycles. The van der Waals surface area contributed by atoms with Gasteiger partial charge in [-0.05, 0) is 17.0 Å². The molecule has 0 fully saturated rings. The zero-order valence-electron chi connectivity index (χ0n) is 7.34. The maximum Gasteiger partial charge on any atom is 0.235 e. The number of benzene rings is 1. The Morgan fingerprint density at radius 1 is 1.14 bits per heavy atom. The minimum atomic E-state index is -1.39. The fourth-order valence-corrected chi connectivity index (χ4v) is 2.87. The number of hydrogen-bond donors (Lipinski definition) is 1. The molecule has 2 aromatic rings. The van der Waals surface area contributed by atoms with Gasteiger partial charge in [0.1, 0.15) is 0 Å². The zero-order chi connectivity index (χ0) is 9.97. The van der Waals surface area contributed by atoms with Crippen molar-refractivity contribution >= 4 is 22.7 Å². The van der Waals surface area contributed by atoms with E-state index in [2.05, 4.69) is 0 Å². The van der Waals surface area contributed by atoms with Crippen molar-refractivity contribution in [3.8, 4) is 11.1 Å². The van der Waals surface area contributed by atoms with Gasteiger partial charge in [0.25, 0.3) is 0 Å². The molecule has 1 aromatic carbocycles. The maximum absolute atomic E-state index is 11.2. The molecule has 1 aromatic heterocycles. The molecule has 4 heteroatoms. The Labute approximate surface area is 89.7 Å². The average Bonchev–Trinajstić information content (AvgIpc) is 2.67. The van der Waals surface area contributed by atoms with E-state index in [9.17, 15) is 4.55 Å². The van der Waals surface area contributed by atoms with Gasteiger partial charge >= 0.3 is 0 Å². The highest BCUT2D eigenvalue weighted by Gasteiger charge is 2.15. The molecule has 1 heterocycles. The van der Waals surface area contributed by atoms with Crippen LogP contribution < -0.4 is 5.14 Å². The highest BCUT2D eigenvalue weighted by molar-refractivity contribution is 7.91. The van der Waals surface area contributed by atoms with Gasteiger partial charge in [-0.1, -0.05) is 41.7 Å². The lowest BCUT2D eigenvalue weighted by Crippen LogP contribution is -2.11. The third-order valence-electron chi connectivity index (χ3n) is 1.90. The number of rotatable bonds is 2. The molecular formula is C10H9NOS2. The Balaban J connectivity index is 2.47. The molecule has 0 amide bonds. The largest absolute Gasteiger partial charge is 0.592 e. The first kappa shape index (κ1) is 9.73. The van der Waals surface area contributed by atoms with Crippen LogP contribution in [0, 0.1) is 0 Å². The normalized spacial score (nSPS) is 12.7. The lowest BCUT2D eigenvalue weighted by Gasteiger charge is -2.03. The van der Waals surface area contributed by atoms with Crippen LogP contribution in [0.4, 0.5) is 0 Å². The quantitative estimate of drug-likeness (QED) is 0.795. The van der Waals surface area contributed by atoms with Crippen LogP contribution in [0.5, 0.6) is 0 Å². The van der Waals surface area contributed by atoms with E-state index in [1.54, 1.807) is 0 Å². The van der Waals surface area contributed by atoms with Crippen LogP contribution in [0.3, 0.4) is 0 Å². The Morgan fingerprint density at radius 3 is 2.50 bits per heavy atom. The molecule has 14 heavy (non-hydrogen) atoms. The predicted molar refractivity (Wildman–Crippen MR) is 60.4 cm³/mol. The smallest absolute Gasteiger partial charge is 0.235 e. The summed E-state index contributed by atoms with van der Waals surface area (Å²) in [5.41, 5.74) is 2.03. The fourth-order valence-electron chi connectivity index (χ4n) is 1.28. The molecule has 0 radical (unpaired) electrons. The van der Waals surface area contributed by atoms with Crippen molar-refractivity contribution in [1.29, 1.82) is 0 Å². The van der Waals surface area contributed by atoms with Crippen molar-refractivity contribution in [3.05, 3.63) is 41.8 Å². The summed E-state index contributed by atoms with van der Waals surface area (Å²) in [5.74, 6) is 0. The number of thiophene rings is 1. The summed E-state index contributed by atoms with van der Waals surface area (Å²) in [6.45, 7) is 0. The van der Waals surface area contributed by atoms with Crippen LogP contribution >= 0.6 is 11.3 Å². The molecule has 72 valence electrons. The first-order valence-electron chi connectivity index (χ1n) is 4.08. The van der Waals surface area contributed by atoms with Crippen molar-refractivity contribution < 1.29 is 4.55 Å². The van der Waals surface area contributed by atoms with Gasteiger partial charge in [-0.25, -0.2) is 0 Å². The van der Waals surface area contributed by atoms with Crippen molar-refractivity contribution in [2.45, 2.75) is 4.21 Å². The molecule has 0 saturated heterocycles. The molecule has 0 spiro atoms. The van der Waals surface area contributed by atoms with Crippen LogP contribution in [0.15, 0.2) is 46.0 Å². The molecule has 2 nitrogen and oxygen atoms in total. The van der Waals surface area contributed by atoms with E-state index in [4.69, 9.17) is 5.14 Å². The Bertz CT molecular complexity index is 411. The lowest BCUT2D eigenvalue weighted by molar-refractivity contribution is 0.599. The zero-order valence-corrected chi connectivity index (χ0v) is 8.98. The third-order valence-corrected chi connectivity index (χ3v) is 3.97. The van der Waals surface area contributed by atoms with Crippen molar-refractivity contribution in [2.75, 3.05) is 0 Å². The predicted octanol–water partition coefficient (Wildman–Crippen LogP) is 2.40. The Morgan fingerprint density at radius 2 is 1.86 bits per heavy atom. The monoisotopic (exact) mass is 223 g/mol. The van der Waals surface area contributed by atoms with Crippen LogP contribution in [0.1, 0.15) is 0 Å². The second-order valence-corrected chi connectivity index (χ2v) is 4.96. The first-order valence-corrected chi connectivity index (χ1v) is 6.17. The number of nitrogens with two attached hydrogens (primary N) is 1. The highest BCUT2D eigenvalue weighted by atomic mass is 32.2. The Hall–Kier alpha value is -0.810. The minimum Gasteiger partial charge on any atom is -0.592 e. The molecule has 2 N–H and O–H groups in total. The van der Waals surface area contributed by atoms with Crippen LogP contribution in [-0.4, -0.2) is 4.55 Å². The van der Waals surface area contributed by atoms with Gasteiger partial charge in [0, 0.05) is 0 Å². The van der Waals surface area contributed by atoms with Gasteiger partial charge in [0.05, 0.1) is 16.9 Å². The van der Waals surface area contributed by atoms with Gasteiger partial charge in [0.15, 0.2) is 0 Å². The number of hydrogen-bond acceptors (Lipinski definition) is 3. The van der Waals surface area contributed by atoms with E-state index in [-0.39, 0.29) is 0 Å². The highest BCUT2D eigenvalue weighted by Crippen LogP contribution is 2.30. The minimum absolute atomic E-state index is 0.733. The van der Waals surface area contributed by atoms with Gasteiger partial charge < -0.3 is 4.55 Å². The van der Waals surface area contributed by atoms with Gasteiger partial charge in [-0.3, -0.25) is 0 Å². The molecular weight excluding hydrogens is 214 g/mol. The molecule has 0 saturated carbocycles. The van der Waals surface area contributed by atoms with Crippen LogP contribution in [0.2, 0.25) is 0 Å². The van der Waals surface area contributed by atoms with E-state index >= 15 is 0 Å². The second kappa shape index (κ2) is 4.14. The summed E-state index contributed by atoms with van der Waals surface area (Å²) in [7, 11) is 0. The Kier molecular flexibility index (Phi) is 2.88. The van der Waals surface area contributed by atoms with E-state index in [1.807, 2.05) is 41.8 Å². The molecule has 0 bridgehead atoms. The fraction of sp³-hybridized carbons (Fsp3) is 0. The molecule has 2 rings (SSSR count). The first-order chi connectivity index (χ1) is 6.79. The molecule has 0 aliphatic rings. The van der Waals surface area contributed by atoms with Crippen molar-refractivity contribution in [3.63, 3.8) is 0 Å². The third kappa shape index (κ3) is 1.83. The standard InChI is InChI=1S/C10H9NOS2/c11-14(12)10-9(6-7-13-10)8-4-2-1-3-5-8/h1-7H,11H2. The molecule has 1 atom stereocenters. The summed E-state index contributed by atoms with van der Waals surface area (Å²) in [6, 6.07) is 11.8. The topological polar surface area (TPSA) is 49.1 Å². The second-order valence-electron chi connectivity index (χ2n) is 2.79. The van der Waals surface area contributed by atoms with Gasteiger partial charge in [-0.2, -0.15) is 0 Å². The summed E-state index contributed by atoms with van der Waals surface area (Å²) in [4.78, 5) is 0. The SMILES string of the molecule is N[S+]([O-])c1sccc1-c1ccccc1. The molecule has 0 aliphatic carbocycles. The maximum atomic E-state index is 11.2. The summed E-state index contributed by atoms with van der Waals surface area (Å²) in [5, 5.41) is 7.28. The van der Waals surface area contributed by atoms with Gasteiger partial charge in [-0.15, -0.1) is 5.14 Å². The lowest BCUT2D eigenvalue weighted by atomic mass is 10.1. The van der Waals surface area contributed by atoms with E-state index < -0.39 is 11.4 Å². The van der Waals surface area contributed by atoms with Crippen LogP contribution in [-0.2, 0) is 11.4 Å². The van der Waals surface area contributed by atoms with E-state index in [0.29, 0.717) is 0 Å². The summed E-state index contributed by atoms with van der Waals surface area (Å²) in [6.07, 6.45) is 0. The summed E-state index contributed by atoms with van der Waals surface area (Å²) >= 11 is 0.0360. The average molecular weight is 223 g/mol.